The Morgan fingerprint density at radius 3 is 2.25 bits per heavy atom. The summed E-state index contributed by atoms with van der Waals surface area (Å²) in [7, 11) is 2.11. The van der Waals surface area contributed by atoms with E-state index >= 15 is 0 Å². The highest BCUT2D eigenvalue weighted by molar-refractivity contribution is 9.10. The molecule has 1 fully saturated rings. The van der Waals surface area contributed by atoms with Gasteiger partial charge in [0.2, 0.25) is 0 Å². The number of hydrogen-bond donors (Lipinski definition) is 0. The van der Waals surface area contributed by atoms with Gasteiger partial charge in [-0.3, -0.25) is 9.69 Å². The number of benzene rings is 1. The van der Waals surface area contributed by atoms with E-state index in [1.165, 1.54) is 38.5 Å². The molecule has 2 nitrogen and oxygen atoms in total. The van der Waals surface area contributed by atoms with Crippen LogP contribution in [0.1, 0.15) is 55.8 Å². The van der Waals surface area contributed by atoms with E-state index in [2.05, 4.69) is 27.9 Å². The molecule has 0 radical (unpaired) electrons. The monoisotopic (exact) mass is 337 g/mol. The molecule has 0 aliphatic heterocycles. The van der Waals surface area contributed by atoms with Crippen LogP contribution in [0.15, 0.2) is 28.7 Å². The second kappa shape index (κ2) is 7.37. The van der Waals surface area contributed by atoms with E-state index in [4.69, 9.17) is 0 Å². The standard InChI is InChI=1S/C17H24BrNO/c1-13(17(20)14-9-11-15(18)12-10-14)19(2)16-7-5-3-4-6-8-16/h9-13,16H,3-8H2,1-2H3. The fourth-order valence-corrected chi connectivity index (χ4v) is 3.29. The number of hydrogen-bond acceptors (Lipinski definition) is 2. The van der Waals surface area contributed by atoms with Crippen LogP contribution in [0.4, 0.5) is 0 Å². The maximum atomic E-state index is 12.6. The SMILES string of the molecule is CC(C(=O)c1ccc(Br)cc1)N(C)C1CCCCCC1. The number of nitrogens with zero attached hydrogens (tertiary/aromatic N) is 1. The number of rotatable bonds is 4. The summed E-state index contributed by atoms with van der Waals surface area (Å²) in [6, 6.07) is 8.21. The van der Waals surface area contributed by atoms with E-state index in [0.717, 1.165) is 10.0 Å². The first-order valence-electron chi connectivity index (χ1n) is 7.61. The number of Topliss-reactive ketones (excluding diaryl/α,β-unsaturated/α-hetero) is 1. The number of carbonyl (C=O) groups is 1. The van der Waals surface area contributed by atoms with Gasteiger partial charge in [0.15, 0.2) is 5.78 Å². The summed E-state index contributed by atoms with van der Waals surface area (Å²) in [5, 5.41) is 0. The average molecular weight is 338 g/mol. The average Bonchev–Trinajstić information content (AvgIpc) is 2.75. The number of likely N-dealkylation sites (N-methyl/N-ethyl adjacent to an activating group) is 1. The van der Waals surface area contributed by atoms with Crippen molar-refractivity contribution >= 4 is 21.7 Å². The summed E-state index contributed by atoms with van der Waals surface area (Å²) in [4.78, 5) is 14.9. The predicted molar refractivity (Wildman–Crippen MR) is 87.2 cm³/mol. The van der Waals surface area contributed by atoms with Crippen LogP contribution >= 0.6 is 15.9 Å². The molecule has 2 rings (SSSR count). The third-order valence-corrected chi connectivity index (χ3v) is 5.05. The lowest BCUT2D eigenvalue weighted by Crippen LogP contribution is -2.42. The molecule has 0 heterocycles. The fourth-order valence-electron chi connectivity index (χ4n) is 3.02. The minimum Gasteiger partial charge on any atom is -0.294 e. The molecule has 1 unspecified atom stereocenters. The lowest BCUT2D eigenvalue weighted by molar-refractivity contribution is 0.0802. The van der Waals surface area contributed by atoms with E-state index < -0.39 is 0 Å². The Labute approximate surface area is 130 Å². The Morgan fingerprint density at radius 2 is 1.70 bits per heavy atom. The van der Waals surface area contributed by atoms with Gasteiger partial charge in [0.25, 0.3) is 0 Å². The molecule has 0 bridgehead atoms. The zero-order valence-corrected chi connectivity index (χ0v) is 14.0. The molecule has 0 spiro atoms. The van der Waals surface area contributed by atoms with Crippen molar-refractivity contribution in [3.05, 3.63) is 34.3 Å². The highest BCUT2D eigenvalue weighted by atomic mass is 79.9. The highest BCUT2D eigenvalue weighted by Crippen LogP contribution is 2.23. The zero-order chi connectivity index (χ0) is 14.5. The van der Waals surface area contributed by atoms with E-state index in [9.17, 15) is 4.79 Å². The summed E-state index contributed by atoms with van der Waals surface area (Å²) < 4.78 is 1.01. The molecule has 0 aromatic heterocycles. The normalized spacial score (nSPS) is 18.8. The Bertz CT molecular complexity index is 435. The smallest absolute Gasteiger partial charge is 0.179 e. The molecule has 110 valence electrons. The van der Waals surface area contributed by atoms with Gasteiger partial charge in [0.1, 0.15) is 0 Å². The van der Waals surface area contributed by atoms with E-state index in [1.807, 2.05) is 31.2 Å². The first-order chi connectivity index (χ1) is 9.59. The molecule has 1 saturated carbocycles. The fraction of sp³-hybridized carbons (Fsp3) is 0.588. The van der Waals surface area contributed by atoms with Crippen molar-refractivity contribution in [3.63, 3.8) is 0 Å². The van der Waals surface area contributed by atoms with Crippen LogP contribution in [-0.2, 0) is 0 Å². The molecule has 1 atom stereocenters. The first kappa shape index (κ1) is 15.7. The zero-order valence-electron chi connectivity index (χ0n) is 12.4. The van der Waals surface area contributed by atoms with E-state index in [1.54, 1.807) is 0 Å². The van der Waals surface area contributed by atoms with Crippen LogP contribution < -0.4 is 0 Å². The summed E-state index contributed by atoms with van der Waals surface area (Å²) in [6.45, 7) is 2.04. The highest BCUT2D eigenvalue weighted by Gasteiger charge is 2.26. The molecular formula is C17H24BrNO. The van der Waals surface area contributed by atoms with Crippen molar-refractivity contribution in [2.24, 2.45) is 0 Å². The van der Waals surface area contributed by atoms with Crippen molar-refractivity contribution in [1.29, 1.82) is 0 Å². The number of halogens is 1. The van der Waals surface area contributed by atoms with Crippen LogP contribution in [0.25, 0.3) is 0 Å². The van der Waals surface area contributed by atoms with Gasteiger partial charge >= 0.3 is 0 Å². The van der Waals surface area contributed by atoms with Crippen LogP contribution in [0, 0.1) is 0 Å². The Kier molecular flexibility index (Phi) is 5.79. The van der Waals surface area contributed by atoms with Gasteiger partial charge in [-0.15, -0.1) is 0 Å². The van der Waals surface area contributed by atoms with Crippen molar-refractivity contribution in [2.75, 3.05) is 7.05 Å². The molecule has 1 aromatic rings. The lowest BCUT2D eigenvalue weighted by Gasteiger charge is -2.31. The summed E-state index contributed by atoms with van der Waals surface area (Å²) in [5.41, 5.74) is 0.807. The minimum atomic E-state index is -0.0423. The molecule has 20 heavy (non-hydrogen) atoms. The van der Waals surface area contributed by atoms with Crippen LogP contribution in [0.5, 0.6) is 0 Å². The molecule has 1 aliphatic carbocycles. The molecule has 1 aromatic carbocycles. The van der Waals surface area contributed by atoms with Crippen molar-refractivity contribution in [1.82, 2.24) is 4.90 Å². The van der Waals surface area contributed by atoms with Gasteiger partial charge in [0, 0.05) is 16.1 Å². The molecule has 0 N–H and O–H groups in total. The van der Waals surface area contributed by atoms with Gasteiger partial charge in [-0.2, -0.15) is 0 Å². The summed E-state index contributed by atoms with van der Waals surface area (Å²) in [6.07, 6.45) is 7.75. The quantitative estimate of drug-likeness (QED) is 0.587. The lowest BCUT2D eigenvalue weighted by atomic mass is 10.0. The van der Waals surface area contributed by atoms with Gasteiger partial charge < -0.3 is 0 Å². The number of ketones is 1. The second-order valence-corrected chi connectivity index (χ2v) is 6.77. The Balaban J connectivity index is 2.03. The van der Waals surface area contributed by atoms with E-state index in [0.29, 0.717) is 6.04 Å². The van der Waals surface area contributed by atoms with Crippen molar-refractivity contribution < 1.29 is 4.79 Å². The van der Waals surface area contributed by atoms with Gasteiger partial charge in [0.05, 0.1) is 6.04 Å². The maximum absolute atomic E-state index is 12.6. The van der Waals surface area contributed by atoms with E-state index in [-0.39, 0.29) is 11.8 Å². The van der Waals surface area contributed by atoms with Crippen molar-refractivity contribution in [3.8, 4) is 0 Å². The molecule has 0 saturated heterocycles. The summed E-state index contributed by atoms with van der Waals surface area (Å²) >= 11 is 3.41. The van der Waals surface area contributed by atoms with Crippen LogP contribution in [-0.4, -0.2) is 29.8 Å². The molecule has 1 aliphatic rings. The molecule has 3 heteroatoms. The van der Waals surface area contributed by atoms with Crippen molar-refractivity contribution in [2.45, 2.75) is 57.5 Å². The largest absolute Gasteiger partial charge is 0.294 e. The Morgan fingerprint density at radius 1 is 1.15 bits per heavy atom. The minimum absolute atomic E-state index is 0.0423. The third-order valence-electron chi connectivity index (χ3n) is 4.52. The Hall–Kier alpha value is -0.670. The van der Waals surface area contributed by atoms with Crippen LogP contribution in [0.2, 0.25) is 0 Å². The predicted octanol–water partition coefficient (Wildman–Crippen LogP) is 4.67. The number of carbonyl (C=O) groups excluding carboxylic acids is 1. The second-order valence-electron chi connectivity index (χ2n) is 5.86. The third kappa shape index (κ3) is 3.92. The molecule has 0 amide bonds. The first-order valence-corrected chi connectivity index (χ1v) is 8.40. The maximum Gasteiger partial charge on any atom is 0.179 e. The van der Waals surface area contributed by atoms with Gasteiger partial charge in [-0.05, 0) is 38.9 Å². The van der Waals surface area contributed by atoms with Gasteiger partial charge in [-0.25, -0.2) is 0 Å². The molecular weight excluding hydrogens is 314 g/mol. The van der Waals surface area contributed by atoms with Gasteiger partial charge in [-0.1, -0.05) is 53.7 Å². The summed E-state index contributed by atoms with van der Waals surface area (Å²) in [5.74, 6) is 0.226. The van der Waals surface area contributed by atoms with Crippen LogP contribution in [0.3, 0.4) is 0 Å². The topological polar surface area (TPSA) is 20.3 Å².